The Labute approximate surface area is 125 Å². The van der Waals surface area contributed by atoms with E-state index in [1.54, 1.807) is 12.1 Å². The molecule has 2 aromatic rings. The molecule has 1 aliphatic heterocycles. The molecule has 1 saturated heterocycles. The van der Waals surface area contributed by atoms with Crippen LogP contribution in [0.3, 0.4) is 0 Å². The maximum atomic E-state index is 11.5. The van der Waals surface area contributed by atoms with E-state index in [0.29, 0.717) is 10.8 Å². The van der Waals surface area contributed by atoms with Gasteiger partial charge in [-0.25, -0.2) is 8.42 Å². The fourth-order valence-electron chi connectivity index (χ4n) is 2.92. The van der Waals surface area contributed by atoms with Gasteiger partial charge < -0.3 is 5.32 Å². The first-order valence-electron chi connectivity index (χ1n) is 7.16. The predicted molar refractivity (Wildman–Crippen MR) is 85.2 cm³/mol. The van der Waals surface area contributed by atoms with Crippen LogP contribution in [0.4, 0.5) is 0 Å². The largest absolute Gasteiger partial charge is 0.316 e. The summed E-state index contributed by atoms with van der Waals surface area (Å²) in [5, 5.41) is 3.40. The minimum atomic E-state index is -3.14. The highest BCUT2D eigenvalue weighted by Crippen LogP contribution is 2.32. The van der Waals surface area contributed by atoms with E-state index in [1.165, 1.54) is 17.4 Å². The molecule has 3 rings (SSSR count). The van der Waals surface area contributed by atoms with Crippen LogP contribution in [0.1, 0.15) is 17.9 Å². The van der Waals surface area contributed by atoms with Crippen LogP contribution < -0.4 is 5.32 Å². The molecule has 0 amide bonds. The van der Waals surface area contributed by atoms with E-state index in [-0.39, 0.29) is 0 Å². The van der Waals surface area contributed by atoms with Crippen molar-refractivity contribution in [1.29, 1.82) is 0 Å². The number of benzene rings is 2. The quantitative estimate of drug-likeness (QED) is 0.948. The lowest BCUT2D eigenvalue weighted by Crippen LogP contribution is -2.08. The average molecular weight is 301 g/mol. The predicted octanol–water partition coefficient (Wildman–Crippen LogP) is 2.83. The molecule has 0 spiro atoms. The molecule has 0 bridgehead atoms. The molecule has 0 aromatic heterocycles. The van der Waals surface area contributed by atoms with Gasteiger partial charge in [-0.15, -0.1) is 0 Å². The van der Waals surface area contributed by atoms with Gasteiger partial charge in [0, 0.05) is 12.8 Å². The molecule has 3 nitrogen and oxygen atoms in total. The highest BCUT2D eigenvalue weighted by molar-refractivity contribution is 7.90. The second-order valence-electron chi connectivity index (χ2n) is 5.57. The molecular weight excluding hydrogens is 282 g/mol. The highest BCUT2D eigenvalue weighted by atomic mass is 32.2. The SMILES string of the molecule is CS(=O)(=O)c1ccc(-c2ccccc2C2CCNC2)cc1. The second kappa shape index (κ2) is 5.62. The first-order valence-corrected chi connectivity index (χ1v) is 9.05. The molecule has 0 saturated carbocycles. The Hall–Kier alpha value is -1.65. The molecule has 1 heterocycles. The van der Waals surface area contributed by atoms with Crippen molar-refractivity contribution in [1.82, 2.24) is 5.32 Å². The zero-order valence-corrected chi connectivity index (χ0v) is 12.9. The molecule has 1 atom stereocenters. The van der Waals surface area contributed by atoms with Gasteiger partial charge >= 0.3 is 0 Å². The Morgan fingerprint density at radius 2 is 1.76 bits per heavy atom. The standard InChI is InChI=1S/C17H19NO2S/c1-21(19,20)15-8-6-13(7-9-15)16-4-2-3-5-17(16)14-10-11-18-12-14/h2-9,14,18H,10-12H2,1H3. The van der Waals surface area contributed by atoms with Crippen molar-refractivity contribution in [3.63, 3.8) is 0 Å². The van der Waals surface area contributed by atoms with Crippen LogP contribution in [-0.4, -0.2) is 27.8 Å². The molecule has 1 aliphatic rings. The van der Waals surface area contributed by atoms with Gasteiger partial charge in [0.05, 0.1) is 4.90 Å². The molecule has 1 N–H and O–H groups in total. The minimum absolute atomic E-state index is 0.367. The van der Waals surface area contributed by atoms with Gasteiger partial charge in [0.2, 0.25) is 0 Å². The van der Waals surface area contributed by atoms with E-state index in [1.807, 2.05) is 18.2 Å². The number of hydrogen-bond donors (Lipinski definition) is 1. The highest BCUT2D eigenvalue weighted by Gasteiger charge is 2.19. The maximum absolute atomic E-state index is 11.5. The van der Waals surface area contributed by atoms with E-state index < -0.39 is 9.84 Å². The monoisotopic (exact) mass is 301 g/mol. The van der Waals surface area contributed by atoms with Gasteiger partial charge in [0.1, 0.15) is 0 Å². The Balaban J connectivity index is 2.00. The normalized spacial score (nSPS) is 18.8. The smallest absolute Gasteiger partial charge is 0.175 e. The third-order valence-corrected chi connectivity index (χ3v) is 5.18. The van der Waals surface area contributed by atoms with Crippen LogP contribution >= 0.6 is 0 Å². The Kier molecular flexibility index (Phi) is 3.83. The van der Waals surface area contributed by atoms with Crippen molar-refractivity contribution in [2.24, 2.45) is 0 Å². The average Bonchev–Trinajstić information content (AvgIpc) is 3.01. The molecule has 0 aliphatic carbocycles. The van der Waals surface area contributed by atoms with Crippen molar-refractivity contribution in [3.05, 3.63) is 54.1 Å². The number of rotatable bonds is 3. The van der Waals surface area contributed by atoms with Gasteiger partial charge in [-0.2, -0.15) is 0 Å². The summed E-state index contributed by atoms with van der Waals surface area (Å²) < 4.78 is 23.1. The summed E-state index contributed by atoms with van der Waals surface area (Å²) in [5.41, 5.74) is 3.62. The van der Waals surface area contributed by atoms with Gasteiger partial charge in [-0.05, 0) is 47.7 Å². The van der Waals surface area contributed by atoms with Crippen LogP contribution in [0.25, 0.3) is 11.1 Å². The molecule has 0 radical (unpaired) electrons. The van der Waals surface area contributed by atoms with Crippen molar-refractivity contribution in [2.45, 2.75) is 17.2 Å². The first-order chi connectivity index (χ1) is 10.1. The summed E-state index contributed by atoms with van der Waals surface area (Å²) in [4.78, 5) is 0.367. The molecule has 2 aromatic carbocycles. The lowest BCUT2D eigenvalue weighted by Gasteiger charge is -2.15. The van der Waals surface area contributed by atoms with E-state index in [2.05, 4.69) is 23.5 Å². The van der Waals surface area contributed by atoms with Crippen LogP contribution in [0.15, 0.2) is 53.4 Å². The van der Waals surface area contributed by atoms with E-state index in [4.69, 9.17) is 0 Å². The summed E-state index contributed by atoms with van der Waals surface area (Å²) >= 11 is 0. The number of sulfone groups is 1. The van der Waals surface area contributed by atoms with Gasteiger partial charge in [0.15, 0.2) is 9.84 Å². The van der Waals surface area contributed by atoms with E-state index in [0.717, 1.165) is 25.1 Å². The van der Waals surface area contributed by atoms with Gasteiger partial charge in [-0.1, -0.05) is 36.4 Å². The summed E-state index contributed by atoms with van der Waals surface area (Å²) in [6.45, 7) is 2.07. The molecule has 21 heavy (non-hydrogen) atoms. The fraction of sp³-hybridized carbons (Fsp3) is 0.294. The third-order valence-electron chi connectivity index (χ3n) is 4.05. The summed E-state index contributed by atoms with van der Waals surface area (Å²) in [6, 6.07) is 15.6. The van der Waals surface area contributed by atoms with E-state index in [9.17, 15) is 8.42 Å². The lowest BCUT2D eigenvalue weighted by atomic mass is 9.90. The van der Waals surface area contributed by atoms with E-state index >= 15 is 0 Å². The van der Waals surface area contributed by atoms with Crippen molar-refractivity contribution in [3.8, 4) is 11.1 Å². The lowest BCUT2D eigenvalue weighted by molar-refractivity contribution is 0.602. The topological polar surface area (TPSA) is 46.2 Å². The number of hydrogen-bond acceptors (Lipinski definition) is 3. The minimum Gasteiger partial charge on any atom is -0.316 e. The van der Waals surface area contributed by atoms with Crippen LogP contribution in [0, 0.1) is 0 Å². The summed E-state index contributed by atoms with van der Waals surface area (Å²) in [5.74, 6) is 0.538. The molecular formula is C17H19NO2S. The maximum Gasteiger partial charge on any atom is 0.175 e. The summed E-state index contributed by atoms with van der Waals surface area (Å²) in [7, 11) is -3.14. The van der Waals surface area contributed by atoms with Gasteiger partial charge in [-0.3, -0.25) is 0 Å². The fourth-order valence-corrected chi connectivity index (χ4v) is 3.55. The second-order valence-corrected chi connectivity index (χ2v) is 7.59. The van der Waals surface area contributed by atoms with Crippen molar-refractivity contribution >= 4 is 9.84 Å². The van der Waals surface area contributed by atoms with Gasteiger partial charge in [0.25, 0.3) is 0 Å². The Bertz CT molecular complexity index is 730. The van der Waals surface area contributed by atoms with Crippen molar-refractivity contribution in [2.75, 3.05) is 19.3 Å². The molecule has 4 heteroatoms. The van der Waals surface area contributed by atoms with Crippen LogP contribution in [0.2, 0.25) is 0 Å². The Morgan fingerprint density at radius 1 is 1.05 bits per heavy atom. The number of nitrogens with one attached hydrogen (secondary N) is 1. The molecule has 110 valence electrons. The van der Waals surface area contributed by atoms with Crippen molar-refractivity contribution < 1.29 is 8.42 Å². The third kappa shape index (κ3) is 3.01. The zero-order chi connectivity index (χ0) is 14.9. The van der Waals surface area contributed by atoms with Crippen LogP contribution in [-0.2, 0) is 9.84 Å². The molecule has 1 fully saturated rings. The first kappa shape index (κ1) is 14.3. The molecule has 1 unspecified atom stereocenters. The summed E-state index contributed by atoms with van der Waals surface area (Å²) in [6.07, 6.45) is 2.39. The Morgan fingerprint density at radius 3 is 2.38 bits per heavy atom. The zero-order valence-electron chi connectivity index (χ0n) is 12.0. The van der Waals surface area contributed by atoms with Crippen LogP contribution in [0.5, 0.6) is 0 Å².